The molecular formula is C11H13IO. The summed E-state index contributed by atoms with van der Waals surface area (Å²) in [6, 6.07) is 6.52. The topological polar surface area (TPSA) is 9.23 Å². The van der Waals surface area contributed by atoms with Gasteiger partial charge in [-0.25, -0.2) is 0 Å². The first-order valence-corrected chi connectivity index (χ1v) is 5.72. The van der Waals surface area contributed by atoms with E-state index in [9.17, 15) is 0 Å². The first-order valence-electron chi connectivity index (χ1n) is 4.64. The van der Waals surface area contributed by atoms with Gasteiger partial charge in [-0.05, 0) is 65.1 Å². The van der Waals surface area contributed by atoms with Crippen molar-refractivity contribution in [2.75, 3.05) is 7.11 Å². The van der Waals surface area contributed by atoms with Crippen molar-refractivity contribution in [3.63, 3.8) is 0 Å². The van der Waals surface area contributed by atoms with Crippen molar-refractivity contribution in [1.82, 2.24) is 0 Å². The molecule has 1 nitrogen and oxygen atoms in total. The average molecular weight is 288 g/mol. The molecule has 13 heavy (non-hydrogen) atoms. The lowest BCUT2D eigenvalue weighted by molar-refractivity contribution is 0.402. The summed E-state index contributed by atoms with van der Waals surface area (Å²) in [6.07, 6.45) is 4.09. The maximum Gasteiger partial charge on any atom is 0.120 e. The molecular weight excluding hydrogens is 275 g/mol. The van der Waals surface area contributed by atoms with Gasteiger partial charge in [0.1, 0.15) is 5.75 Å². The maximum absolute atomic E-state index is 5.25. The number of benzene rings is 1. The quantitative estimate of drug-likeness (QED) is 0.756. The zero-order chi connectivity index (χ0) is 9.26. The summed E-state index contributed by atoms with van der Waals surface area (Å²) in [5, 5.41) is 0. The first kappa shape index (κ1) is 9.31. The van der Waals surface area contributed by atoms with Crippen molar-refractivity contribution >= 4 is 22.6 Å². The Morgan fingerprint density at radius 1 is 1.31 bits per heavy atom. The van der Waals surface area contributed by atoms with Gasteiger partial charge in [0.2, 0.25) is 0 Å². The van der Waals surface area contributed by atoms with E-state index < -0.39 is 0 Å². The van der Waals surface area contributed by atoms with E-state index in [1.54, 1.807) is 7.11 Å². The lowest BCUT2D eigenvalue weighted by Crippen LogP contribution is -2.08. The van der Waals surface area contributed by atoms with E-state index >= 15 is 0 Å². The van der Waals surface area contributed by atoms with Crippen molar-refractivity contribution in [3.8, 4) is 5.75 Å². The van der Waals surface area contributed by atoms with Gasteiger partial charge in [0.15, 0.2) is 0 Å². The molecule has 1 fully saturated rings. The minimum absolute atomic E-state index is 0.795. The molecule has 1 saturated carbocycles. The second kappa shape index (κ2) is 3.86. The molecule has 1 aromatic carbocycles. The van der Waals surface area contributed by atoms with Crippen LogP contribution in [0.2, 0.25) is 0 Å². The van der Waals surface area contributed by atoms with Gasteiger partial charge >= 0.3 is 0 Å². The van der Waals surface area contributed by atoms with Crippen LogP contribution in [0.1, 0.15) is 30.7 Å². The maximum atomic E-state index is 5.25. The van der Waals surface area contributed by atoms with E-state index in [4.69, 9.17) is 4.74 Å². The Labute approximate surface area is 92.6 Å². The Morgan fingerprint density at radius 2 is 2.08 bits per heavy atom. The van der Waals surface area contributed by atoms with E-state index in [0.717, 1.165) is 11.7 Å². The number of halogens is 1. The van der Waals surface area contributed by atoms with Crippen LogP contribution in [0.3, 0.4) is 0 Å². The van der Waals surface area contributed by atoms with E-state index in [-0.39, 0.29) is 0 Å². The summed E-state index contributed by atoms with van der Waals surface area (Å²) in [4.78, 5) is 0. The fraction of sp³-hybridized carbons (Fsp3) is 0.455. The Kier molecular flexibility index (Phi) is 2.77. The van der Waals surface area contributed by atoms with E-state index in [1.165, 1.54) is 28.4 Å². The average Bonchev–Trinajstić information content (AvgIpc) is 2.00. The molecule has 1 aromatic rings. The van der Waals surface area contributed by atoms with E-state index in [0.29, 0.717) is 0 Å². The normalized spacial score (nSPS) is 16.8. The zero-order valence-electron chi connectivity index (χ0n) is 7.72. The summed E-state index contributed by atoms with van der Waals surface area (Å²) in [7, 11) is 1.73. The Hall–Kier alpha value is -0.250. The van der Waals surface area contributed by atoms with E-state index in [1.807, 2.05) is 0 Å². The molecule has 0 saturated heterocycles. The highest BCUT2D eigenvalue weighted by molar-refractivity contribution is 14.1. The summed E-state index contributed by atoms with van der Waals surface area (Å²) in [6.45, 7) is 0. The number of hydrogen-bond acceptors (Lipinski definition) is 1. The van der Waals surface area contributed by atoms with Crippen LogP contribution in [0.5, 0.6) is 5.75 Å². The van der Waals surface area contributed by atoms with Crippen LogP contribution in [0.4, 0.5) is 0 Å². The fourth-order valence-corrected chi connectivity index (χ4v) is 2.35. The van der Waals surface area contributed by atoms with Gasteiger partial charge in [-0.2, -0.15) is 0 Å². The lowest BCUT2D eigenvalue weighted by atomic mass is 9.80. The molecule has 0 radical (unpaired) electrons. The predicted octanol–water partition coefficient (Wildman–Crippen LogP) is 3.57. The second-order valence-corrected chi connectivity index (χ2v) is 4.80. The molecule has 2 heteroatoms. The van der Waals surface area contributed by atoms with Crippen molar-refractivity contribution < 1.29 is 4.74 Å². The minimum Gasteiger partial charge on any atom is -0.497 e. The monoisotopic (exact) mass is 288 g/mol. The number of hydrogen-bond donors (Lipinski definition) is 0. The smallest absolute Gasteiger partial charge is 0.120 e. The van der Waals surface area contributed by atoms with Gasteiger partial charge in [-0.1, -0.05) is 6.42 Å². The van der Waals surface area contributed by atoms with Gasteiger partial charge in [0.05, 0.1) is 7.11 Å². The molecule has 0 heterocycles. The Balaban J connectivity index is 2.28. The van der Waals surface area contributed by atoms with Gasteiger partial charge in [0.25, 0.3) is 0 Å². The number of rotatable bonds is 2. The van der Waals surface area contributed by atoms with Crippen LogP contribution in [0.15, 0.2) is 18.2 Å². The van der Waals surface area contributed by atoms with E-state index in [2.05, 4.69) is 40.8 Å². The molecule has 0 bridgehead atoms. The fourth-order valence-electron chi connectivity index (χ4n) is 1.68. The SMILES string of the molecule is COc1cc(I)cc(C2CCC2)c1. The Morgan fingerprint density at radius 3 is 2.62 bits per heavy atom. The van der Waals surface area contributed by atoms with Crippen LogP contribution in [0, 0.1) is 3.57 Å². The molecule has 1 aliphatic carbocycles. The van der Waals surface area contributed by atoms with Crippen LogP contribution >= 0.6 is 22.6 Å². The third-order valence-electron chi connectivity index (χ3n) is 2.71. The molecule has 0 aromatic heterocycles. The molecule has 0 atom stereocenters. The first-order chi connectivity index (χ1) is 6.29. The van der Waals surface area contributed by atoms with Gasteiger partial charge in [0, 0.05) is 3.57 Å². The van der Waals surface area contributed by atoms with Crippen LogP contribution in [0.25, 0.3) is 0 Å². The van der Waals surface area contributed by atoms with Crippen molar-refractivity contribution in [2.45, 2.75) is 25.2 Å². The summed E-state index contributed by atoms with van der Waals surface area (Å²) < 4.78 is 6.53. The minimum atomic E-state index is 0.795. The van der Waals surface area contributed by atoms with Crippen molar-refractivity contribution in [3.05, 3.63) is 27.3 Å². The largest absolute Gasteiger partial charge is 0.497 e. The molecule has 0 amide bonds. The molecule has 0 N–H and O–H groups in total. The second-order valence-electron chi connectivity index (χ2n) is 3.55. The lowest BCUT2D eigenvalue weighted by Gasteiger charge is -2.26. The third-order valence-corrected chi connectivity index (χ3v) is 3.33. The van der Waals surface area contributed by atoms with Gasteiger partial charge in [-0.15, -0.1) is 0 Å². The van der Waals surface area contributed by atoms with Gasteiger partial charge < -0.3 is 4.74 Å². The molecule has 70 valence electrons. The molecule has 0 aliphatic heterocycles. The van der Waals surface area contributed by atoms with Crippen molar-refractivity contribution in [1.29, 1.82) is 0 Å². The summed E-state index contributed by atoms with van der Waals surface area (Å²) in [5.41, 5.74) is 1.45. The molecule has 2 rings (SSSR count). The molecule has 0 spiro atoms. The number of ether oxygens (including phenoxy) is 1. The molecule has 1 aliphatic rings. The highest BCUT2D eigenvalue weighted by Gasteiger charge is 2.20. The summed E-state index contributed by atoms with van der Waals surface area (Å²) in [5.74, 6) is 1.79. The summed E-state index contributed by atoms with van der Waals surface area (Å²) >= 11 is 2.35. The standard InChI is InChI=1S/C11H13IO/c1-13-11-6-9(5-10(12)7-11)8-3-2-4-8/h5-8H,2-4H2,1H3. The molecule has 0 unspecified atom stereocenters. The highest BCUT2D eigenvalue weighted by atomic mass is 127. The zero-order valence-corrected chi connectivity index (χ0v) is 9.87. The van der Waals surface area contributed by atoms with Gasteiger partial charge in [-0.3, -0.25) is 0 Å². The highest BCUT2D eigenvalue weighted by Crippen LogP contribution is 2.38. The third kappa shape index (κ3) is 1.98. The van der Waals surface area contributed by atoms with Crippen LogP contribution in [-0.2, 0) is 0 Å². The van der Waals surface area contributed by atoms with Crippen LogP contribution in [-0.4, -0.2) is 7.11 Å². The number of methoxy groups -OCH3 is 1. The van der Waals surface area contributed by atoms with Crippen LogP contribution < -0.4 is 4.74 Å². The predicted molar refractivity (Wildman–Crippen MR) is 62.3 cm³/mol. The Bertz CT molecular complexity index is 305. The van der Waals surface area contributed by atoms with Crippen molar-refractivity contribution in [2.24, 2.45) is 0 Å².